The van der Waals surface area contributed by atoms with E-state index in [9.17, 15) is 9.59 Å². The third-order valence-electron chi connectivity index (χ3n) is 3.39. The van der Waals surface area contributed by atoms with Gasteiger partial charge in [0.25, 0.3) is 0 Å². The highest BCUT2D eigenvalue weighted by molar-refractivity contribution is 5.97. The molecule has 0 radical (unpaired) electrons. The molecule has 2 rings (SSSR count). The maximum atomic E-state index is 12.5. The van der Waals surface area contributed by atoms with Crippen LogP contribution in [0, 0.1) is 0 Å². The smallest absolute Gasteiger partial charge is 0.312 e. The van der Waals surface area contributed by atoms with Crippen molar-refractivity contribution in [2.75, 3.05) is 24.3 Å². The number of primary amides is 1. The monoisotopic (exact) mass is 327 g/mol. The number of hydrogen-bond acceptors (Lipinski definition) is 4. The van der Waals surface area contributed by atoms with E-state index >= 15 is 0 Å². The molecule has 7 heteroatoms. The highest BCUT2D eigenvalue weighted by Gasteiger charge is 2.20. The maximum absolute atomic E-state index is 12.5. The quantitative estimate of drug-likeness (QED) is 0.746. The van der Waals surface area contributed by atoms with Crippen LogP contribution in [0.1, 0.15) is 5.56 Å². The van der Waals surface area contributed by atoms with Crippen molar-refractivity contribution >= 4 is 23.4 Å². The average molecular weight is 327 g/mol. The summed E-state index contributed by atoms with van der Waals surface area (Å²) < 4.78 is 0. The molecule has 0 aliphatic carbocycles. The summed E-state index contributed by atoms with van der Waals surface area (Å²) in [6.07, 6.45) is 1.91. The summed E-state index contributed by atoms with van der Waals surface area (Å²) in [5, 5.41) is 5.22. The number of pyridine rings is 1. The van der Waals surface area contributed by atoms with Crippen molar-refractivity contribution in [1.29, 1.82) is 0 Å². The molecular formula is C17H21N5O2. The number of nitrogens with one attached hydrogen (secondary N) is 2. The number of rotatable bonds is 6. The Labute approximate surface area is 140 Å². The van der Waals surface area contributed by atoms with Gasteiger partial charge in [0.05, 0.1) is 11.9 Å². The second kappa shape index (κ2) is 7.96. The number of anilines is 2. The van der Waals surface area contributed by atoms with Crippen molar-refractivity contribution in [1.82, 2.24) is 10.3 Å². The van der Waals surface area contributed by atoms with Gasteiger partial charge in [-0.05, 0) is 17.7 Å². The first-order chi connectivity index (χ1) is 11.5. The van der Waals surface area contributed by atoms with E-state index in [-0.39, 0.29) is 5.91 Å². The van der Waals surface area contributed by atoms with E-state index in [1.165, 1.54) is 0 Å². The Bertz CT molecular complexity index is 686. The van der Waals surface area contributed by atoms with Crippen LogP contribution in [0.4, 0.5) is 16.3 Å². The molecule has 126 valence electrons. The molecule has 1 aromatic carbocycles. The standard InChI is InChI=1S/C17H21N5O2/c1-22(2)15-9-8-13(11-19-15)20-16(23)14(21-17(18)24)10-12-6-4-3-5-7-12/h3-9,11,14H,10H2,1-2H3,(H,20,23)(H3,18,21,24)/t14-/m0/s1. The summed E-state index contributed by atoms with van der Waals surface area (Å²) in [6, 6.07) is 11.4. The summed E-state index contributed by atoms with van der Waals surface area (Å²) in [5.74, 6) is 0.432. The molecule has 0 unspecified atom stereocenters. The molecule has 7 nitrogen and oxygen atoms in total. The first-order valence-electron chi connectivity index (χ1n) is 7.50. The van der Waals surface area contributed by atoms with E-state index < -0.39 is 12.1 Å². The summed E-state index contributed by atoms with van der Waals surface area (Å²) >= 11 is 0. The minimum Gasteiger partial charge on any atom is -0.363 e. The highest BCUT2D eigenvalue weighted by Crippen LogP contribution is 2.12. The lowest BCUT2D eigenvalue weighted by molar-refractivity contribution is -0.117. The molecular weight excluding hydrogens is 306 g/mol. The van der Waals surface area contributed by atoms with E-state index in [0.717, 1.165) is 11.4 Å². The molecule has 0 fully saturated rings. The molecule has 24 heavy (non-hydrogen) atoms. The van der Waals surface area contributed by atoms with Crippen molar-refractivity contribution in [3.05, 3.63) is 54.2 Å². The number of aromatic nitrogens is 1. The Morgan fingerprint density at radius 2 is 1.88 bits per heavy atom. The lowest BCUT2D eigenvalue weighted by Gasteiger charge is -2.18. The zero-order valence-electron chi connectivity index (χ0n) is 13.7. The lowest BCUT2D eigenvalue weighted by Crippen LogP contribution is -2.47. The Kier molecular flexibility index (Phi) is 5.73. The molecule has 0 aliphatic heterocycles. The van der Waals surface area contributed by atoms with E-state index in [1.807, 2.05) is 49.3 Å². The van der Waals surface area contributed by atoms with Gasteiger partial charge in [-0.1, -0.05) is 30.3 Å². The SMILES string of the molecule is CN(C)c1ccc(NC(=O)[C@H](Cc2ccccc2)NC(N)=O)cn1. The van der Waals surface area contributed by atoms with Crippen LogP contribution in [-0.4, -0.2) is 37.1 Å². The Morgan fingerprint density at radius 1 is 1.17 bits per heavy atom. The number of benzene rings is 1. The first-order valence-corrected chi connectivity index (χ1v) is 7.50. The van der Waals surface area contributed by atoms with E-state index in [0.29, 0.717) is 12.1 Å². The molecule has 0 saturated heterocycles. The number of nitrogens with two attached hydrogens (primary N) is 1. The van der Waals surface area contributed by atoms with Crippen molar-refractivity contribution in [2.24, 2.45) is 5.73 Å². The van der Waals surface area contributed by atoms with Gasteiger partial charge in [0.15, 0.2) is 0 Å². The Balaban J connectivity index is 2.08. The third kappa shape index (κ3) is 4.98. The van der Waals surface area contributed by atoms with Crippen LogP contribution < -0.4 is 21.3 Å². The van der Waals surface area contributed by atoms with Gasteiger partial charge in [0.1, 0.15) is 11.9 Å². The van der Waals surface area contributed by atoms with Crippen molar-refractivity contribution in [3.8, 4) is 0 Å². The molecule has 4 N–H and O–H groups in total. The second-order valence-electron chi connectivity index (χ2n) is 5.54. The first kappa shape index (κ1) is 17.3. The zero-order chi connectivity index (χ0) is 17.5. The topological polar surface area (TPSA) is 100 Å². The Hall–Kier alpha value is -3.09. The molecule has 1 aromatic heterocycles. The summed E-state index contributed by atoms with van der Waals surface area (Å²) in [6.45, 7) is 0. The van der Waals surface area contributed by atoms with E-state index in [1.54, 1.807) is 18.3 Å². The van der Waals surface area contributed by atoms with Crippen LogP contribution >= 0.6 is 0 Å². The van der Waals surface area contributed by atoms with Crippen LogP contribution in [-0.2, 0) is 11.2 Å². The second-order valence-corrected chi connectivity index (χ2v) is 5.54. The summed E-state index contributed by atoms with van der Waals surface area (Å²) in [4.78, 5) is 29.7. The lowest BCUT2D eigenvalue weighted by atomic mass is 10.1. The molecule has 3 amide bonds. The van der Waals surface area contributed by atoms with Crippen molar-refractivity contribution < 1.29 is 9.59 Å². The normalized spacial score (nSPS) is 11.4. The third-order valence-corrected chi connectivity index (χ3v) is 3.39. The average Bonchev–Trinajstić information content (AvgIpc) is 2.55. The number of amides is 3. The fraction of sp³-hybridized carbons (Fsp3) is 0.235. The zero-order valence-corrected chi connectivity index (χ0v) is 13.7. The molecule has 1 atom stereocenters. The summed E-state index contributed by atoms with van der Waals surface area (Å²) in [5.41, 5.74) is 6.66. The van der Waals surface area contributed by atoms with Gasteiger partial charge in [-0.3, -0.25) is 4.79 Å². The van der Waals surface area contributed by atoms with Crippen LogP contribution in [0.25, 0.3) is 0 Å². The van der Waals surface area contributed by atoms with E-state index in [4.69, 9.17) is 5.73 Å². The van der Waals surface area contributed by atoms with Crippen molar-refractivity contribution in [2.45, 2.75) is 12.5 Å². The van der Waals surface area contributed by atoms with Crippen LogP contribution in [0.15, 0.2) is 48.7 Å². The van der Waals surface area contributed by atoms with Gasteiger partial charge < -0.3 is 21.3 Å². The van der Waals surface area contributed by atoms with Crippen LogP contribution in [0.3, 0.4) is 0 Å². The number of nitrogens with zero attached hydrogens (tertiary/aromatic N) is 2. The van der Waals surface area contributed by atoms with Gasteiger partial charge in [-0.2, -0.15) is 0 Å². The molecule has 0 aliphatic rings. The van der Waals surface area contributed by atoms with Gasteiger partial charge in [0.2, 0.25) is 5.91 Å². The van der Waals surface area contributed by atoms with Gasteiger partial charge in [0, 0.05) is 20.5 Å². The fourth-order valence-electron chi connectivity index (χ4n) is 2.18. The largest absolute Gasteiger partial charge is 0.363 e. The molecule has 0 bridgehead atoms. The molecule has 2 aromatic rings. The van der Waals surface area contributed by atoms with E-state index in [2.05, 4.69) is 15.6 Å². The number of urea groups is 1. The molecule has 0 saturated carbocycles. The minimum absolute atomic E-state index is 0.346. The Morgan fingerprint density at radius 3 is 2.42 bits per heavy atom. The van der Waals surface area contributed by atoms with Gasteiger partial charge in [-0.15, -0.1) is 0 Å². The van der Waals surface area contributed by atoms with Crippen LogP contribution in [0.2, 0.25) is 0 Å². The molecule has 0 spiro atoms. The van der Waals surface area contributed by atoms with Crippen LogP contribution in [0.5, 0.6) is 0 Å². The highest BCUT2D eigenvalue weighted by atomic mass is 16.2. The number of carbonyl (C=O) groups is 2. The minimum atomic E-state index is -0.765. The van der Waals surface area contributed by atoms with Gasteiger partial charge >= 0.3 is 6.03 Å². The maximum Gasteiger partial charge on any atom is 0.312 e. The summed E-state index contributed by atoms with van der Waals surface area (Å²) in [7, 11) is 3.76. The number of hydrogen-bond donors (Lipinski definition) is 3. The predicted octanol–water partition coefficient (Wildman–Crippen LogP) is 1.37. The predicted molar refractivity (Wildman–Crippen MR) is 93.8 cm³/mol. The molecule has 1 heterocycles. The fourth-order valence-corrected chi connectivity index (χ4v) is 2.18. The van der Waals surface area contributed by atoms with Gasteiger partial charge in [-0.25, -0.2) is 9.78 Å². The number of carbonyl (C=O) groups excluding carboxylic acids is 2. The van der Waals surface area contributed by atoms with Crippen molar-refractivity contribution in [3.63, 3.8) is 0 Å².